The Bertz CT molecular complexity index is 487. The van der Waals surface area contributed by atoms with Gasteiger partial charge in [0, 0.05) is 18.7 Å². The molecule has 2 nitrogen and oxygen atoms in total. The van der Waals surface area contributed by atoms with Gasteiger partial charge in [0.05, 0.1) is 0 Å². The molecule has 1 heterocycles. The average Bonchev–Trinajstić information content (AvgIpc) is 2.77. The summed E-state index contributed by atoms with van der Waals surface area (Å²) in [4.78, 5) is 0. The summed E-state index contributed by atoms with van der Waals surface area (Å²) in [5.41, 5.74) is 0.660. The van der Waals surface area contributed by atoms with Crippen LogP contribution >= 0.6 is 22.9 Å². The smallest absolute Gasteiger partial charge is 0.126 e. The Morgan fingerprint density at radius 1 is 1.18 bits per heavy atom. The lowest BCUT2D eigenvalue weighted by molar-refractivity contribution is 0.613. The lowest BCUT2D eigenvalue weighted by atomic mass is 10.1. The number of hydrogen-bond donors (Lipinski definition) is 0. The van der Waals surface area contributed by atoms with Gasteiger partial charge in [-0.15, -0.1) is 33.1 Å². The van der Waals surface area contributed by atoms with Crippen molar-refractivity contribution in [3.05, 3.63) is 45.7 Å². The lowest BCUT2D eigenvalue weighted by Gasteiger charge is -1.98. The van der Waals surface area contributed by atoms with Crippen LogP contribution in [0.25, 0.3) is 0 Å². The van der Waals surface area contributed by atoms with Crippen LogP contribution in [0.5, 0.6) is 0 Å². The Morgan fingerprint density at radius 3 is 2.71 bits per heavy atom. The Balaban J connectivity index is 2.04. The zero-order valence-corrected chi connectivity index (χ0v) is 10.8. The van der Waals surface area contributed by atoms with E-state index in [0.717, 1.165) is 22.9 Å². The van der Waals surface area contributed by atoms with Crippen molar-refractivity contribution in [2.45, 2.75) is 19.3 Å². The Kier molecular flexibility index (Phi) is 4.45. The molecule has 0 amide bonds. The minimum atomic E-state index is -0.190. The third-order valence-electron chi connectivity index (χ3n) is 2.33. The lowest BCUT2D eigenvalue weighted by Crippen LogP contribution is -1.91. The molecular formula is C12H12ClFN2S. The van der Waals surface area contributed by atoms with E-state index in [1.807, 2.05) is 6.07 Å². The molecule has 0 atom stereocenters. The summed E-state index contributed by atoms with van der Waals surface area (Å²) >= 11 is 7.14. The predicted octanol–water partition coefficient (Wildman–Crippen LogP) is 3.44. The highest BCUT2D eigenvalue weighted by molar-refractivity contribution is 7.11. The van der Waals surface area contributed by atoms with Crippen molar-refractivity contribution in [3.63, 3.8) is 0 Å². The van der Waals surface area contributed by atoms with E-state index in [0.29, 0.717) is 17.9 Å². The molecule has 0 saturated carbocycles. The van der Waals surface area contributed by atoms with Gasteiger partial charge in [0.2, 0.25) is 0 Å². The maximum absolute atomic E-state index is 13.4. The van der Waals surface area contributed by atoms with Gasteiger partial charge in [-0.05, 0) is 18.1 Å². The van der Waals surface area contributed by atoms with Gasteiger partial charge < -0.3 is 0 Å². The molecular weight excluding hydrogens is 259 g/mol. The Labute approximate surface area is 108 Å². The zero-order valence-electron chi connectivity index (χ0n) is 9.20. The molecule has 0 aliphatic rings. The monoisotopic (exact) mass is 270 g/mol. The largest absolute Gasteiger partial charge is 0.207 e. The first-order chi connectivity index (χ1) is 8.29. The molecule has 1 aromatic carbocycles. The molecule has 2 aromatic rings. The van der Waals surface area contributed by atoms with E-state index >= 15 is 0 Å². The number of nitrogens with zero attached hydrogens (tertiary/aromatic N) is 2. The van der Waals surface area contributed by atoms with E-state index in [2.05, 4.69) is 10.2 Å². The molecule has 0 aliphatic heterocycles. The van der Waals surface area contributed by atoms with Crippen LogP contribution in [-0.4, -0.2) is 16.1 Å². The van der Waals surface area contributed by atoms with Crippen molar-refractivity contribution < 1.29 is 4.39 Å². The highest BCUT2D eigenvalue weighted by Crippen LogP contribution is 2.17. The summed E-state index contributed by atoms with van der Waals surface area (Å²) in [6, 6.07) is 6.75. The molecule has 0 bridgehead atoms. The molecule has 0 N–H and O–H groups in total. The fourth-order valence-electron chi connectivity index (χ4n) is 1.48. The van der Waals surface area contributed by atoms with Gasteiger partial charge in [-0.3, -0.25) is 0 Å². The number of alkyl halides is 1. The molecule has 0 unspecified atom stereocenters. The third-order valence-corrected chi connectivity index (χ3v) is 3.58. The number of benzene rings is 1. The molecule has 0 fully saturated rings. The number of halogens is 2. The fraction of sp³-hybridized carbons (Fsp3) is 0.333. The predicted molar refractivity (Wildman–Crippen MR) is 68.2 cm³/mol. The van der Waals surface area contributed by atoms with Gasteiger partial charge >= 0.3 is 0 Å². The van der Waals surface area contributed by atoms with E-state index in [4.69, 9.17) is 11.6 Å². The van der Waals surface area contributed by atoms with E-state index in [1.54, 1.807) is 12.1 Å². The molecule has 2 rings (SSSR count). The second-order valence-corrected chi connectivity index (χ2v) is 5.17. The Morgan fingerprint density at radius 2 is 1.94 bits per heavy atom. The first kappa shape index (κ1) is 12.5. The van der Waals surface area contributed by atoms with Crippen LogP contribution in [-0.2, 0) is 12.8 Å². The molecule has 17 heavy (non-hydrogen) atoms. The van der Waals surface area contributed by atoms with Crippen molar-refractivity contribution >= 4 is 22.9 Å². The van der Waals surface area contributed by atoms with Gasteiger partial charge in [-0.1, -0.05) is 18.2 Å². The number of aryl methyl sites for hydroxylation is 1. The van der Waals surface area contributed by atoms with E-state index in [1.165, 1.54) is 17.4 Å². The summed E-state index contributed by atoms with van der Waals surface area (Å²) in [5.74, 6) is 0.437. The number of hydrogen-bond acceptors (Lipinski definition) is 3. The van der Waals surface area contributed by atoms with Crippen LogP contribution in [0.3, 0.4) is 0 Å². The van der Waals surface area contributed by atoms with Gasteiger partial charge in [-0.2, -0.15) is 0 Å². The highest BCUT2D eigenvalue weighted by Gasteiger charge is 2.07. The molecule has 0 spiro atoms. The van der Waals surface area contributed by atoms with Crippen molar-refractivity contribution in [2.24, 2.45) is 0 Å². The zero-order chi connectivity index (χ0) is 12.1. The van der Waals surface area contributed by atoms with Crippen LogP contribution in [0.4, 0.5) is 4.39 Å². The SMILES string of the molecule is Fc1ccccc1Cc1nnc(CCCCl)s1. The summed E-state index contributed by atoms with van der Waals surface area (Å²) in [6.07, 6.45) is 2.25. The van der Waals surface area contributed by atoms with Crippen molar-refractivity contribution in [1.82, 2.24) is 10.2 Å². The first-order valence-electron chi connectivity index (χ1n) is 5.40. The van der Waals surface area contributed by atoms with Gasteiger partial charge in [0.1, 0.15) is 15.8 Å². The summed E-state index contributed by atoms with van der Waals surface area (Å²) < 4.78 is 13.4. The van der Waals surface area contributed by atoms with E-state index < -0.39 is 0 Å². The molecule has 90 valence electrons. The normalized spacial score (nSPS) is 10.7. The molecule has 1 aromatic heterocycles. The Hall–Kier alpha value is -1.00. The quantitative estimate of drug-likeness (QED) is 0.778. The van der Waals surface area contributed by atoms with Crippen LogP contribution in [0.15, 0.2) is 24.3 Å². The molecule has 5 heteroatoms. The van der Waals surface area contributed by atoms with Gasteiger partial charge in [0.15, 0.2) is 0 Å². The van der Waals surface area contributed by atoms with Crippen molar-refractivity contribution in [1.29, 1.82) is 0 Å². The van der Waals surface area contributed by atoms with Gasteiger partial charge in [0.25, 0.3) is 0 Å². The number of rotatable bonds is 5. The van der Waals surface area contributed by atoms with Crippen LogP contribution < -0.4 is 0 Å². The van der Waals surface area contributed by atoms with Gasteiger partial charge in [-0.25, -0.2) is 4.39 Å². The second kappa shape index (κ2) is 6.07. The van der Waals surface area contributed by atoms with E-state index in [9.17, 15) is 4.39 Å². The van der Waals surface area contributed by atoms with Crippen LogP contribution in [0, 0.1) is 5.82 Å². The average molecular weight is 271 g/mol. The maximum atomic E-state index is 13.4. The van der Waals surface area contributed by atoms with E-state index in [-0.39, 0.29) is 5.82 Å². The fourth-order valence-corrected chi connectivity index (χ4v) is 2.53. The molecule has 0 saturated heterocycles. The maximum Gasteiger partial charge on any atom is 0.126 e. The summed E-state index contributed by atoms with van der Waals surface area (Å²) in [6.45, 7) is 0. The molecule has 0 aliphatic carbocycles. The van der Waals surface area contributed by atoms with Crippen LogP contribution in [0.1, 0.15) is 22.0 Å². The van der Waals surface area contributed by atoms with Crippen LogP contribution in [0.2, 0.25) is 0 Å². The summed E-state index contributed by atoms with van der Waals surface area (Å²) in [7, 11) is 0. The minimum absolute atomic E-state index is 0.190. The standard InChI is InChI=1S/C12H12ClFN2S/c13-7-3-6-11-15-16-12(17-11)8-9-4-1-2-5-10(9)14/h1-2,4-5H,3,6-8H2. The minimum Gasteiger partial charge on any atom is -0.207 e. The number of aromatic nitrogens is 2. The highest BCUT2D eigenvalue weighted by atomic mass is 35.5. The second-order valence-electron chi connectivity index (χ2n) is 3.65. The topological polar surface area (TPSA) is 25.8 Å². The van der Waals surface area contributed by atoms with Crippen molar-refractivity contribution in [2.75, 3.05) is 5.88 Å². The first-order valence-corrected chi connectivity index (χ1v) is 6.75. The van der Waals surface area contributed by atoms with Crippen molar-refractivity contribution in [3.8, 4) is 0 Å². The third kappa shape index (κ3) is 3.48. The molecule has 0 radical (unpaired) electrons. The summed E-state index contributed by atoms with van der Waals surface area (Å²) in [5, 5.41) is 9.95.